The van der Waals surface area contributed by atoms with Gasteiger partial charge in [0.05, 0.1) is 0 Å². The highest BCUT2D eigenvalue weighted by Gasteiger charge is 2.55. The minimum Gasteiger partial charge on any atom is -0.461 e. The van der Waals surface area contributed by atoms with Gasteiger partial charge in [-0.15, -0.1) is 0 Å². The molecule has 0 N–H and O–H groups in total. The fourth-order valence-electron chi connectivity index (χ4n) is 5.29. The molecule has 1 aromatic carbocycles. The van der Waals surface area contributed by atoms with E-state index < -0.39 is 5.60 Å². The van der Waals surface area contributed by atoms with Crippen molar-refractivity contribution in [2.75, 3.05) is 0 Å². The summed E-state index contributed by atoms with van der Waals surface area (Å²) in [5.74, 6) is 0.267. The number of esters is 1. The maximum atomic E-state index is 11.8. The van der Waals surface area contributed by atoms with Crippen LogP contribution in [-0.2, 0) is 24.5 Å². The van der Waals surface area contributed by atoms with Crippen molar-refractivity contribution in [1.82, 2.24) is 0 Å². The Bertz CT molecular complexity index is 710. The van der Waals surface area contributed by atoms with Gasteiger partial charge in [-0.1, -0.05) is 39.0 Å². The first kappa shape index (κ1) is 18.9. The summed E-state index contributed by atoms with van der Waals surface area (Å²) < 4.78 is 11.3. The van der Waals surface area contributed by atoms with Crippen LogP contribution in [0.4, 0.5) is 0 Å². The lowest BCUT2D eigenvalue weighted by atomic mass is 9.53. The van der Waals surface area contributed by atoms with E-state index in [1.165, 1.54) is 18.1 Å². The summed E-state index contributed by atoms with van der Waals surface area (Å²) in [7, 11) is 0. The first-order valence-corrected chi connectivity index (χ1v) is 9.64. The Morgan fingerprint density at radius 3 is 2.62 bits per heavy atom. The van der Waals surface area contributed by atoms with Crippen LogP contribution in [0.15, 0.2) is 18.2 Å². The van der Waals surface area contributed by atoms with Crippen LogP contribution in [0.5, 0.6) is 0 Å². The molecule has 4 atom stereocenters. The van der Waals surface area contributed by atoms with Gasteiger partial charge in [-0.05, 0) is 60.6 Å². The summed E-state index contributed by atoms with van der Waals surface area (Å²) in [6, 6.07) is 6.61. The number of hydrogen-bond donors (Lipinski definition) is 0. The number of carbonyl (C=O) groups excluding carboxylic acids is 2. The summed E-state index contributed by atoms with van der Waals surface area (Å²) in [4.78, 5) is 22.9. The highest BCUT2D eigenvalue weighted by Crippen LogP contribution is 2.57. The third kappa shape index (κ3) is 3.04. The van der Waals surface area contributed by atoms with E-state index in [-0.39, 0.29) is 23.4 Å². The lowest BCUT2D eigenvalue weighted by Crippen LogP contribution is -2.55. The fourth-order valence-corrected chi connectivity index (χ4v) is 5.29. The number of benzene rings is 1. The Morgan fingerprint density at radius 1 is 1.27 bits per heavy atom. The van der Waals surface area contributed by atoms with Gasteiger partial charge in [0.1, 0.15) is 11.7 Å². The lowest BCUT2D eigenvalue weighted by Gasteiger charge is -2.55. The van der Waals surface area contributed by atoms with Crippen molar-refractivity contribution in [2.24, 2.45) is 5.92 Å². The summed E-state index contributed by atoms with van der Waals surface area (Å²) in [5, 5.41) is 0. The summed E-state index contributed by atoms with van der Waals surface area (Å²) in [5.41, 5.74) is 3.01. The van der Waals surface area contributed by atoms with Crippen LogP contribution in [0.2, 0.25) is 0 Å². The first-order chi connectivity index (χ1) is 12.2. The van der Waals surface area contributed by atoms with Gasteiger partial charge < -0.3 is 9.47 Å². The Hall–Kier alpha value is -1.84. The van der Waals surface area contributed by atoms with Gasteiger partial charge >= 0.3 is 5.97 Å². The van der Waals surface area contributed by atoms with Crippen LogP contribution >= 0.6 is 0 Å². The van der Waals surface area contributed by atoms with E-state index in [9.17, 15) is 9.59 Å². The van der Waals surface area contributed by atoms with Crippen molar-refractivity contribution in [3.63, 3.8) is 0 Å². The van der Waals surface area contributed by atoms with E-state index in [2.05, 4.69) is 39.0 Å². The second kappa shape index (κ2) is 6.71. The third-order valence-electron chi connectivity index (χ3n) is 6.66. The second-order valence-electron chi connectivity index (χ2n) is 8.69. The number of hydrogen-bond acceptors (Lipinski definition) is 4. The predicted molar refractivity (Wildman–Crippen MR) is 99.9 cm³/mol. The molecule has 1 saturated carbocycles. The Balaban J connectivity index is 2.14. The van der Waals surface area contributed by atoms with Crippen LogP contribution in [0.1, 0.15) is 89.0 Å². The fraction of sp³-hybridized carbons (Fsp3) is 0.636. The second-order valence-corrected chi connectivity index (χ2v) is 8.69. The topological polar surface area (TPSA) is 52.6 Å². The molecule has 0 aliphatic heterocycles. The summed E-state index contributed by atoms with van der Waals surface area (Å²) in [6.07, 6.45) is 3.32. The van der Waals surface area contributed by atoms with E-state index in [0.717, 1.165) is 24.8 Å². The number of carbonyl (C=O) groups is 2. The highest BCUT2D eigenvalue weighted by molar-refractivity contribution is 5.66. The molecule has 0 heterocycles. The molecule has 26 heavy (non-hydrogen) atoms. The van der Waals surface area contributed by atoms with E-state index in [1.54, 1.807) is 0 Å². The maximum absolute atomic E-state index is 11.8. The van der Waals surface area contributed by atoms with Gasteiger partial charge in [-0.25, -0.2) is 0 Å². The average Bonchev–Trinajstić information content (AvgIpc) is 2.56. The van der Waals surface area contributed by atoms with Crippen molar-refractivity contribution in [1.29, 1.82) is 0 Å². The van der Waals surface area contributed by atoms with E-state index in [0.29, 0.717) is 18.8 Å². The molecule has 4 heteroatoms. The van der Waals surface area contributed by atoms with Crippen LogP contribution in [0, 0.1) is 5.92 Å². The van der Waals surface area contributed by atoms with Crippen LogP contribution in [0.25, 0.3) is 0 Å². The minimum atomic E-state index is -0.526. The SMILES string of the molecule is CC(=O)O[C@@H]1C[C@H]2[C@](C)(OC=O)CCC[C@]2(C)c2ccc(C(C)C)cc21. The zero-order valence-corrected chi connectivity index (χ0v) is 16.5. The average molecular weight is 358 g/mol. The molecule has 3 rings (SSSR count). The monoisotopic (exact) mass is 358 g/mol. The van der Waals surface area contributed by atoms with Crippen molar-refractivity contribution in [3.05, 3.63) is 34.9 Å². The zero-order valence-electron chi connectivity index (χ0n) is 16.5. The molecular weight excluding hydrogens is 328 g/mol. The van der Waals surface area contributed by atoms with E-state index >= 15 is 0 Å². The van der Waals surface area contributed by atoms with E-state index in [1.807, 2.05) is 6.92 Å². The van der Waals surface area contributed by atoms with Crippen molar-refractivity contribution in [2.45, 2.75) is 83.3 Å². The molecule has 0 saturated heterocycles. The molecule has 1 fully saturated rings. The molecule has 0 aromatic heterocycles. The molecule has 2 aliphatic carbocycles. The molecule has 0 unspecified atom stereocenters. The van der Waals surface area contributed by atoms with Crippen LogP contribution in [-0.4, -0.2) is 18.0 Å². The van der Waals surface area contributed by atoms with Crippen molar-refractivity contribution >= 4 is 12.4 Å². The minimum absolute atomic E-state index is 0.0858. The van der Waals surface area contributed by atoms with Gasteiger partial charge in [-0.2, -0.15) is 0 Å². The van der Waals surface area contributed by atoms with Crippen molar-refractivity contribution < 1.29 is 19.1 Å². The summed E-state index contributed by atoms with van der Waals surface area (Å²) >= 11 is 0. The predicted octanol–water partition coefficient (Wildman–Crippen LogP) is 4.81. The van der Waals surface area contributed by atoms with Crippen LogP contribution < -0.4 is 0 Å². The molecular formula is C22H30O4. The smallest absolute Gasteiger partial charge is 0.303 e. The zero-order chi connectivity index (χ0) is 19.1. The molecule has 0 amide bonds. The Morgan fingerprint density at radius 2 is 2.00 bits per heavy atom. The maximum Gasteiger partial charge on any atom is 0.303 e. The van der Waals surface area contributed by atoms with E-state index in [4.69, 9.17) is 9.47 Å². The summed E-state index contributed by atoms with van der Waals surface area (Å²) in [6.45, 7) is 10.7. The largest absolute Gasteiger partial charge is 0.461 e. The van der Waals surface area contributed by atoms with Gasteiger partial charge in [0, 0.05) is 12.8 Å². The lowest BCUT2D eigenvalue weighted by molar-refractivity contribution is -0.168. The first-order valence-electron chi connectivity index (χ1n) is 9.64. The normalized spacial score (nSPS) is 33.2. The van der Waals surface area contributed by atoms with Gasteiger partial charge in [-0.3, -0.25) is 9.59 Å². The molecule has 1 aromatic rings. The van der Waals surface area contributed by atoms with Gasteiger partial charge in [0.15, 0.2) is 0 Å². The highest BCUT2D eigenvalue weighted by atomic mass is 16.5. The third-order valence-corrected chi connectivity index (χ3v) is 6.66. The van der Waals surface area contributed by atoms with Gasteiger partial charge in [0.2, 0.25) is 0 Å². The molecule has 4 nitrogen and oxygen atoms in total. The number of rotatable bonds is 4. The quantitative estimate of drug-likeness (QED) is 0.573. The molecule has 0 bridgehead atoms. The Labute approximate surface area is 156 Å². The number of ether oxygens (including phenoxy) is 2. The van der Waals surface area contributed by atoms with Crippen molar-refractivity contribution in [3.8, 4) is 0 Å². The molecule has 0 spiro atoms. The Kier molecular flexibility index (Phi) is 4.89. The standard InChI is InChI=1S/C22H30O4/c1-14(2)16-7-8-18-17(11-16)19(26-15(3)24)12-20-21(18,4)9-6-10-22(20,5)25-13-23/h7-8,11,13-14,19-20H,6,9-10,12H2,1-5H3/t19-,20-,21-,22-/m1/s1. The number of fused-ring (bicyclic) bond motifs is 3. The molecule has 2 aliphatic rings. The van der Waals surface area contributed by atoms with Crippen LogP contribution in [0.3, 0.4) is 0 Å². The molecule has 142 valence electrons. The molecule has 0 radical (unpaired) electrons. The van der Waals surface area contributed by atoms with Gasteiger partial charge in [0.25, 0.3) is 6.47 Å².